The lowest BCUT2D eigenvalue weighted by Gasteiger charge is -2.36. The highest BCUT2D eigenvalue weighted by Crippen LogP contribution is 2.14. The molecule has 134 valence electrons. The molecule has 8 nitrogen and oxygen atoms in total. The number of piperazine rings is 1. The molecule has 1 aromatic heterocycles. The van der Waals surface area contributed by atoms with Crippen molar-refractivity contribution in [3.63, 3.8) is 0 Å². The molecule has 2 aromatic rings. The molecule has 2 heterocycles. The number of urea groups is 1. The van der Waals surface area contributed by atoms with Gasteiger partial charge in [0.05, 0.1) is 11.0 Å². The van der Waals surface area contributed by atoms with Crippen LogP contribution in [0.25, 0.3) is 11.0 Å². The van der Waals surface area contributed by atoms with Gasteiger partial charge in [-0.05, 0) is 39.0 Å². The Morgan fingerprint density at radius 3 is 2.24 bits per heavy atom. The summed E-state index contributed by atoms with van der Waals surface area (Å²) in [5.74, 6) is -0.0974. The first-order valence-electron chi connectivity index (χ1n) is 8.31. The van der Waals surface area contributed by atoms with E-state index in [0.29, 0.717) is 42.8 Å². The van der Waals surface area contributed by atoms with Gasteiger partial charge in [-0.1, -0.05) is 0 Å². The Morgan fingerprint density at radius 2 is 1.60 bits per heavy atom. The Kier molecular flexibility index (Phi) is 4.28. The van der Waals surface area contributed by atoms with Gasteiger partial charge < -0.3 is 25.1 Å². The van der Waals surface area contributed by atoms with Crippen LogP contribution in [0.1, 0.15) is 31.1 Å². The van der Waals surface area contributed by atoms with E-state index < -0.39 is 0 Å². The minimum atomic E-state index is -0.293. The number of hydrogen-bond acceptors (Lipinski definition) is 3. The van der Waals surface area contributed by atoms with Gasteiger partial charge in [0, 0.05) is 37.3 Å². The zero-order valence-electron chi connectivity index (χ0n) is 14.7. The summed E-state index contributed by atoms with van der Waals surface area (Å²) in [6.45, 7) is 7.77. The van der Waals surface area contributed by atoms with E-state index >= 15 is 0 Å². The summed E-state index contributed by atoms with van der Waals surface area (Å²) in [7, 11) is 0. The number of fused-ring (bicyclic) bond motifs is 1. The smallest absolute Gasteiger partial charge is 0.323 e. The van der Waals surface area contributed by atoms with Crippen LogP contribution >= 0.6 is 0 Å². The van der Waals surface area contributed by atoms with E-state index in [1.165, 1.54) is 0 Å². The fraction of sp³-hybridized carbons (Fsp3) is 0.471. The minimum absolute atomic E-state index is 0.0974. The van der Waals surface area contributed by atoms with Gasteiger partial charge in [0.15, 0.2) is 0 Å². The predicted octanol–water partition coefficient (Wildman–Crippen LogP) is 1.12. The molecular formula is C17H23N5O3. The minimum Gasteiger partial charge on any atom is -0.335 e. The third-order valence-electron chi connectivity index (χ3n) is 4.10. The van der Waals surface area contributed by atoms with Crippen molar-refractivity contribution in [1.82, 2.24) is 25.1 Å². The first-order valence-corrected chi connectivity index (χ1v) is 8.31. The maximum absolute atomic E-state index is 12.7. The van der Waals surface area contributed by atoms with Crippen molar-refractivity contribution in [3.8, 4) is 0 Å². The van der Waals surface area contributed by atoms with Crippen molar-refractivity contribution in [2.45, 2.75) is 26.3 Å². The molecule has 0 saturated carbocycles. The molecule has 1 aromatic carbocycles. The number of aromatic nitrogens is 2. The van der Waals surface area contributed by atoms with Gasteiger partial charge in [0.25, 0.3) is 5.91 Å². The van der Waals surface area contributed by atoms with Crippen molar-refractivity contribution in [3.05, 3.63) is 34.2 Å². The standard InChI is InChI=1S/C17H23N5O3/c1-17(2,3)20-16(25)22-8-6-21(7-9-22)14(23)11-4-5-12-13(10-11)19-15(24)18-12/h4-5,10H,6-9H2,1-3H3,(H,20,25)(H2,18,19,24). The van der Waals surface area contributed by atoms with Crippen molar-refractivity contribution >= 4 is 23.0 Å². The van der Waals surface area contributed by atoms with Crippen molar-refractivity contribution < 1.29 is 9.59 Å². The van der Waals surface area contributed by atoms with E-state index in [1.54, 1.807) is 28.0 Å². The molecule has 0 unspecified atom stereocenters. The average Bonchev–Trinajstić information content (AvgIpc) is 2.91. The molecule has 1 fully saturated rings. The Morgan fingerprint density at radius 1 is 1.00 bits per heavy atom. The number of amides is 3. The molecule has 25 heavy (non-hydrogen) atoms. The van der Waals surface area contributed by atoms with Crippen molar-refractivity contribution in [1.29, 1.82) is 0 Å². The largest absolute Gasteiger partial charge is 0.335 e. The fourth-order valence-corrected chi connectivity index (χ4v) is 2.86. The number of nitrogens with zero attached hydrogens (tertiary/aromatic N) is 2. The normalized spacial score (nSPS) is 15.5. The first-order chi connectivity index (χ1) is 11.7. The van der Waals surface area contributed by atoms with Crippen LogP contribution in [-0.2, 0) is 0 Å². The van der Waals surface area contributed by atoms with Gasteiger partial charge in [-0.2, -0.15) is 0 Å². The summed E-state index contributed by atoms with van der Waals surface area (Å²) in [6, 6.07) is 4.99. The highest BCUT2D eigenvalue weighted by Gasteiger charge is 2.26. The second-order valence-electron chi connectivity index (χ2n) is 7.30. The SMILES string of the molecule is CC(C)(C)NC(=O)N1CCN(C(=O)c2ccc3[nH]c(=O)[nH]c3c2)CC1. The van der Waals surface area contributed by atoms with E-state index in [9.17, 15) is 14.4 Å². The molecule has 0 aliphatic carbocycles. The van der Waals surface area contributed by atoms with Crippen LogP contribution < -0.4 is 11.0 Å². The van der Waals surface area contributed by atoms with Gasteiger partial charge in [-0.15, -0.1) is 0 Å². The molecule has 3 N–H and O–H groups in total. The van der Waals surface area contributed by atoms with Crippen molar-refractivity contribution in [2.75, 3.05) is 26.2 Å². The summed E-state index contributed by atoms with van der Waals surface area (Å²) in [6.07, 6.45) is 0. The quantitative estimate of drug-likeness (QED) is 0.722. The van der Waals surface area contributed by atoms with Gasteiger partial charge >= 0.3 is 11.7 Å². The molecule has 0 spiro atoms. The molecule has 1 saturated heterocycles. The fourth-order valence-electron chi connectivity index (χ4n) is 2.86. The zero-order valence-corrected chi connectivity index (χ0v) is 14.7. The summed E-state index contributed by atoms with van der Waals surface area (Å²) in [4.78, 5) is 44.9. The second kappa shape index (κ2) is 6.27. The van der Waals surface area contributed by atoms with Crippen LogP contribution in [0.15, 0.2) is 23.0 Å². The number of benzene rings is 1. The second-order valence-corrected chi connectivity index (χ2v) is 7.30. The van der Waals surface area contributed by atoms with Crippen LogP contribution in [0.3, 0.4) is 0 Å². The summed E-state index contributed by atoms with van der Waals surface area (Å²) in [5, 5.41) is 2.93. The molecule has 8 heteroatoms. The van der Waals surface area contributed by atoms with Crippen LogP contribution in [0.4, 0.5) is 4.79 Å². The van der Waals surface area contributed by atoms with Crippen LogP contribution in [0.2, 0.25) is 0 Å². The van der Waals surface area contributed by atoms with Gasteiger partial charge in [0.2, 0.25) is 0 Å². The summed E-state index contributed by atoms with van der Waals surface area (Å²) < 4.78 is 0. The third kappa shape index (κ3) is 3.84. The van der Waals surface area contributed by atoms with E-state index in [-0.39, 0.29) is 23.2 Å². The van der Waals surface area contributed by atoms with Gasteiger partial charge in [-0.25, -0.2) is 9.59 Å². The number of aromatic amines is 2. The average molecular weight is 345 g/mol. The first kappa shape index (κ1) is 17.1. The number of hydrogen-bond donors (Lipinski definition) is 3. The number of imidazole rings is 1. The highest BCUT2D eigenvalue weighted by molar-refractivity contribution is 5.97. The van der Waals surface area contributed by atoms with Crippen molar-refractivity contribution in [2.24, 2.45) is 0 Å². The van der Waals surface area contributed by atoms with Gasteiger partial charge in [-0.3, -0.25) is 4.79 Å². The summed E-state index contributed by atoms with van der Waals surface area (Å²) >= 11 is 0. The molecule has 0 radical (unpaired) electrons. The molecule has 1 aliphatic rings. The lowest BCUT2D eigenvalue weighted by atomic mass is 10.1. The monoisotopic (exact) mass is 345 g/mol. The third-order valence-corrected chi connectivity index (χ3v) is 4.10. The molecule has 3 amide bonds. The molecular weight excluding hydrogens is 322 g/mol. The molecule has 0 atom stereocenters. The summed E-state index contributed by atoms with van der Waals surface area (Å²) in [5.41, 5.74) is 1.23. The maximum Gasteiger partial charge on any atom is 0.323 e. The van der Waals surface area contributed by atoms with E-state index in [0.717, 1.165) is 0 Å². The molecule has 1 aliphatic heterocycles. The highest BCUT2D eigenvalue weighted by atomic mass is 16.2. The Balaban J connectivity index is 1.64. The van der Waals surface area contributed by atoms with Crippen LogP contribution in [-0.4, -0.2) is 63.4 Å². The molecule has 0 bridgehead atoms. The van der Waals surface area contributed by atoms with Gasteiger partial charge in [0.1, 0.15) is 0 Å². The van der Waals surface area contributed by atoms with E-state index in [4.69, 9.17) is 0 Å². The Labute approximate surface area is 145 Å². The van der Waals surface area contributed by atoms with E-state index in [2.05, 4.69) is 15.3 Å². The number of carbonyl (C=O) groups excluding carboxylic acids is 2. The lowest BCUT2D eigenvalue weighted by molar-refractivity contribution is 0.0661. The predicted molar refractivity (Wildman–Crippen MR) is 94.7 cm³/mol. The number of H-pyrrole nitrogens is 2. The zero-order chi connectivity index (χ0) is 18.2. The Hall–Kier alpha value is -2.77. The number of rotatable bonds is 1. The van der Waals surface area contributed by atoms with Crippen LogP contribution in [0.5, 0.6) is 0 Å². The Bertz CT molecular complexity index is 853. The lowest BCUT2D eigenvalue weighted by Crippen LogP contribution is -2.56. The van der Waals surface area contributed by atoms with Crippen LogP contribution in [0, 0.1) is 0 Å². The number of nitrogens with one attached hydrogen (secondary N) is 3. The maximum atomic E-state index is 12.7. The number of carbonyl (C=O) groups is 2. The topological polar surface area (TPSA) is 101 Å². The van der Waals surface area contributed by atoms with E-state index in [1.807, 2.05) is 20.8 Å². The molecule has 3 rings (SSSR count).